The number of anilines is 1. The highest BCUT2D eigenvalue weighted by Crippen LogP contribution is 2.28. The first-order chi connectivity index (χ1) is 11.4. The molecule has 1 aromatic heterocycles. The molecule has 1 atom stereocenters. The number of rotatable bonds is 3. The predicted molar refractivity (Wildman–Crippen MR) is 92.6 cm³/mol. The first-order valence-electron chi connectivity index (χ1n) is 8.56. The molecule has 0 aromatic carbocycles. The van der Waals surface area contributed by atoms with Gasteiger partial charge >= 0.3 is 0 Å². The fourth-order valence-corrected chi connectivity index (χ4v) is 4.52. The van der Waals surface area contributed by atoms with Gasteiger partial charge in [-0.15, -0.1) is 0 Å². The Morgan fingerprint density at radius 1 is 1.21 bits per heavy atom. The zero-order valence-corrected chi connectivity index (χ0v) is 15.2. The fraction of sp³-hybridized carbons (Fsp3) is 0.750. The van der Waals surface area contributed by atoms with E-state index in [1.54, 1.807) is 0 Å². The quantitative estimate of drug-likeness (QED) is 0.843. The van der Waals surface area contributed by atoms with Crippen LogP contribution in [0.4, 0.5) is 5.82 Å². The van der Waals surface area contributed by atoms with Crippen molar-refractivity contribution in [2.24, 2.45) is 5.92 Å². The molecule has 8 heteroatoms. The third-order valence-corrected chi connectivity index (χ3v) is 6.24. The number of aliphatic hydroxyl groups excluding tert-OH is 1. The van der Waals surface area contributed by atoms with Gasteiger partial charge in [0.15, 0.2) is 0 Å². The average Bonchev–Trinajstić information content (AvgIpc) is 2.76. The zero-order chi connectivity index (χ0) is 17.3. The van der Waals surface area contributed by atoms with Crippen molar-refractivity contribution in [1.82, 2.24) is 14.3 Å². The van der Waals surface area contributed by atoms with Gasteiger partial charge in [-0.1, -0.05) is 0 Å². The summed E-state index contributed by atoms with van der Waals surface area (Å²) >= 11 is 0. The lowest BCUT2D eigenvalue weighted by Gasteiger charge is -2.34. The average molecular weight is 354 g/mol. The second-order valence-corrected chi connectivity index (χ2v) is 8.80. The van der Waals surface area contributed by atoms with Gasteiger partial charge in [-0.25, -0.2) is 22.7 Å². The van der Waals surface area contributed by atoms with E-state index >= 15 is 0 Å². The maximum absolute atomic E-state index is 11.9. The molecule has 2 aliphatic rings. The van der Waals surface area contributed by atoms with Crippen LogP contribution in [-0.2, 0) is 22.9 Å². The Bertz CT molecular complexity index is 708. The van der Waals surface area contributed by atoms with E-state index in [0.717, 1.165) is 48.8 Å². The Kier molecular flexibility index (Phi) is 5.08. The van der Waals surface area contributed by atoms with Crippen LogP contribution >= 0.6 is 0 Å². The topological polar surface area (TPSA) is 86.6 Å². The summed E-state index contributed by atoms with van der Waals surface area (Å²) in [5, 5.41) is 9.49. The van der Waals surface area contributed by atoms with Crippen LogP contribution in [0.15, 0.2) is 0 Å². The molecule has 3 heterocycles. The summed E-state index contributed by atoms with van der Waals surface area (Å²) in [5.74, 6) is 1.94. The Morgan fingerprint density at radius 3 is 2.67 bits per heavy atom. The molecule has 134 valence electrons. The maximum Gasteiger partial charge on any atom is 0.211 e. The summed E-state index contributed by atoms with van der Waals surface area (Å²) in [7, 11) is -3.19. The summed E-state index contributed by atoms with van der Waals surface area (Å²) in [6.45, 7) is 4.76. The molecule has 0 aliphatic carbocycles. The minimum Gasteiger partial charge on any atom is -0.396 e. The van der Waals surface area contributed by atoms with Crippen LogP contribution in [0.2, 0.25) is 0 Å². The predicted octanol–water partition coefficient (Wildman–Crippen LogP) is 0.354. The second kappa shape index (κ2) is 6.93. The van der Waals surface area contributed by atoms with Gasteiger partial charge in [-0.3, -0.25) is 0 Å². The van der Waals surface area contributed by atoms with Crippen molar-refractivity contribution < 1.29 is 13.5 Å². The van der Waals surface area contributed by atoms with Crippen LogP contribution in [0.1, 0.15) is 29.9 Å². The van der Waals surface area contributed by atoms with Gasteiger partial charge in [-0.2, -0.15) is 0 Å². The van der Waals surface area contributed by atoms with E-state index in [-0.39, 0.29) is 12.5 Å². The van der Waals surface area contributed by atoms with Crippen molar-refractivity contribution in [3.05, 3.63) is 17.1 Å². The lowest BCUT2D eigenvalue weighted by Crippen LogP contribution is -2.38. The SMILES string of the molecule is Cc1nc2c(c(N3CCCC(CO)C3)n1)CCN(S(C)(=O)=O)CC2. The highest BCUT2D eigenvalue weighted by Gasteiger charge is 2.28. The molecule has 1 N–H and O–H groups in total. The lowest BCUT2D eigenvalue weighted by molar-refractivity contribution is 0.208. The molecule has 1 unspecified atom stereocenters. The molecule has 1 saturated heterocycles. The summed E-state index contributed by atoms with van der Waals surface area (Å²) < 4.78 is 25.3. The normalized spacial score (nSPS) is 23.0. The first-order valence-corrected chi connectivity index (χ1v) is 10.4. The molecule has 0 saturated carbocycles. The van der Waals surface area contributed by atoms with Gasteiger partial charge in [0.1, 0.15) is 11.6 Å². The number of hydrogen-bond acceptors (Lipinski definition) is 6. The van der Waals surface area contributed by atoms with Crippen LogP contribution in [0.25, 0.3) is 0 Å². The summed E-state index contributed by atoms with van der Waals surface area (Å²) in [6.07, 6.45) is 4.60. The highest BCUT2D eigenvalue weighted by atomic mass is 32.2. The Labute approximate surface area is 143 Å². The van der Waals surface area contributed by atoms with E-state index in [2.05, 4.69) is 14.9 Å². The Hall–Kier alpha value is -1.25. The van der Waals surface area contributed by atoms with Crippen molar-refractivity contribution in [3.8, 4) is 0 Å². The van der Waals surface area contributed by atoms with Gasteiger partial charge in [0.2, 0.25) is 10.0 Å². The summed E-state index contributed by atoms with van der Waals surface area (Å²) in [5.41, 5.74) is 2.04. The molecule has 0 radical (unpaired) electrons. The molecule has 24 heavy (non-hydrogen) atoms. The van der Waals surface area contributed by atoms with E-state index in [9.17, 15) is 13.5 Å². The van der Waals surface area contributed by atoms with Gasteiger partial charge in [-0.05, 0) is 32.1 Å². The number of hydrogen-bond donors (Lipinski definition) is 1. The van der Waals surface area contributed by atoms with E-state index in [0.29, 0.717) is 25.9 Å². The second-order valence-electron chi connectivity index (χ2n) is 6.82. The zero-order valence-electron chi connectivity index (χ0n) is 14.4. The third kappa shape index (κ3) is 3.70. The van der Waals surface area contributed by atoms with Crippen molar-refractivity contribution in [2.75, 3.05) is 43.9 Å². The van der Waals surface area contributed by atoms with E-state index in [4.69, 9.17) is 0 Å². The molecular formula is C16H26N4O3S. The van der Waals surface area contributed by atoms with Crippen LogP contribution < -0.4 is 4.90 Å². The molecule has 0 bridgehead atoms. The first kappa shape index (κ1) is 17.6. The molecule has 1 aromatic rings. The minimum absolute atomic E-state index is 0.199. The molecule has 3 rings (SSSR count). The van der Waals surface area contributed by atoms with Gasteiger partial charge in [0.25, 0.3) is 0 Å². The van der Waals surface area contributed by atoms with Crippen LogP contribution in [0.5, 0.6) is 0 Å². The van der Waals surface area contributed by atoms with Crippen LogP contribution in [0.3, 0.4) is 0 Å². The summed E-state index contributed by atoms with van der Waals surface area (Å²) in [6, 6.07) is 0. The standard InChI is InChI=1S/C16H26N4O3S/c1-12-17-15-6-9-20(24(2,22)23)8-5-14(15)16(18-12)19-7-3-4-13(10-19)11-21/h13,21H,3-11H2,1-2H3. The third-order valence-electron chi connectivity index (χ3n) is 4.94. The van der Waals surface area contributed by atoms with Crippen LogP contribution in [-0.4, -0.2) is 66.8 Å². The smallest absolute Gasteiger partial charge is 0.211 e. The molecular weight excluding hydrogens is 328 g/mol. The maximum atomic E-state index is 11.9. The van der Waals surface area contributed by atoms with E-state index < -0.39 is 10.0 Å². The van der Waals surface area contributed by atoms with Crippen molar-refractivity contribution in [1.29, 1.82) is 0 Å². The number of aromatic nitrogens is 2. The highest BCUT2D eigenvalue weighted by molar-refractivity contribution is 7.88. The molecule has 0 amide bonds. The monoisotopic (exact) mass is 354 g/mol. The number of aryl methyl sites for hydroxylation is 1. The fourth-order valence-electron chi connectivity index (χ4n) is 3.68. The number of piperidine rings is 1. The molecule has 0 spiro atoms. The van der Waals surface area contributed by atoms with Gasteiger partial charge in [0, 0.05) is 44.8 Å². The Balaban J connectivity index is 1.92. The van der Waals surface area contributed by atoms with E-state index in [1.807, 2.05) is 6.92 Å². The largest absolute Gasteiger partial charge is 0.396 e. The molecule has 2 aliphatic heterocycles. The number of sulfonamides is 1. The van der Waals surface area contributed by atoms with Gasteiger partial charge in [0.05, 0.1) is 11.9 Å². The van der Waals surface area contributed by atoms with E-state index in [1.165, 1.54) is 10.6 Å². The molecule has 1 fully saturated rings. The summed E-state index contributed by atoms with van der Waals surface area (Å²) in [4.78, 5) is 11.5. The molecule has 7 nitrogen and oxygen atoms in total. The van der Waals surface area contributed by atoms with Crippen molar-refractivity contribution in [2.45, 2.75) is 32.6 Å². The van der Waals surface area contributed by atoms with Gasteiger partial charge < -0.3 is 10.0 Å². The van der Waals surface area contributed by atoms with Crippen molar-refractivity contribution in [3.63, 3.8) is 0 Å². The minimum atomic E-state index is -3.19. The Morgan fingerprint density at radius 2 is 1.96 bits per heavy atom. The van der Waals surface area contributed by atoms with Crippen molar-refractivity contribution >= 4 is 15.8 Å². The number of nitrogens with zero attached hydrogens (tertiary/aromatic N) is 4. The lowest BCUT2D eigenvalue weighted by atomic mass is 9.98. The number of fused-ring (bicyclic) bond motifs is 1. The van der Waals surface area contributed by atoms with Crippen LogP contribution in [0, 0.1) is 12.8 Å². The number of aliphatic hydroxyl groups is 1.